The highest BCUT2D eigenvalue weighted by atomic mass is 16.2. The van der Waals surface area contributed by atoms with E-state index < -0.39 is 0 Å². The molecule has 21 heavy (non-hydrogen) atoms. The summed E-state index contributed by atoms with van der Waals surface area (Å²) >= 11 is 0. The van der Waals surface area contributed by atoms with Crippen molar-refractivity contribution >= 4 is 11.8 Å². The van der Waals surface area contributed by atoms with Crippen molar-refractivity contribution in [3.05, 3.63) is 71.8 Å². The van der Waals surface area contributed by atoms with Crippen LogP contribution in [0.25, 0.3) is 0 Å². The normalized spacial score (nSPS) is 15.0. The minimum Gasteiger partial charge on any atom is -0.282 e. The molecule has 3 heteroatoms. The maximum atomic E-state index is 11.9. The zero-order chi connectivity index (χ0) is 14.7. The zero-order valence-corrected chi connectivity index (χ0v) is 11.7. The van der Waals surface area contributed by atoms with Gasteiger partial charge in [0.15, 0.2) is 0 Å². The summed E-state index contributed by atoms with van der Waals surface area (Å²) in [5.41, 5.74) is 2.24. The van der Waals surface area contributed by atoms with Gasteiger partial charge in [-0.05, 0) is 11.1 Å². The first-order chi connectivity index (χ1) is 10.3. The lowest BCUT2D eigenvalue weighted by molar-refractivity contribution is -0.138. The van der Waals surface area contributed by atoms with E-state index in [2.05, 4.69) is 0 Å². The number of rotatable bonds is 4. The van der Waals surface area contributed by atoms with E-state index >= 15 is 0 Å². The van der Waals surface area contributed by atoms with Crippen LogP contribution < -0.4 is 0 Å². The summed E-state index contributed by atoms with van der Waals surface area (Å²) in [5.74, 6) is -0.0906. The average Bonchev–Trinajstić information content (AvgIpc) is 2.85. The molecule has 0 radical (unpaired) electrons. The molecule has 0 atom stereocenters. The molecular weight excluding hydrogens is 262 g/mol. The van der Waals surface area contributed by atoms with Crippen LogP contribution in [0.2, 0.25) is 0 Å². The van der Waals surface area contributed by atoms with Crippen LogP contribution in [0.5, 0.6) is 0 Å². The summed E-state index contributed by atoms with van der Waals surface area (Å²) in [6.45, 7) is 0.422. The molecule has 2 aromatic carbocycles. The maximum absolute atomic E-state index is 11.9. The number of hydrogen-bond donors (Lipinski definition) is 0. The highest BCUT2D eigenvalue weighted by Crippen LogP contribution is 2.27. The van der Waals surface area contributed by atoms with Gasteiger partial charge in [0.05, 0.1) is 0 Å². The van der Waals surface area contributed by atoms with Gasteiger partial charge in [-0.1, -0.05) is 60.7 Å². The Hall–Kier alpha value is -2.42. The average molecular weight is 279 g/mol. The van der Waals surface area contributed by atoms with Gasteiger partial charge in [-0.3, -0.25) is 14.5 Å². The molecule has 0 unspecified atom stereocenters. The third-order valence-corrected chi connectivity index (χ3v) is 3.92. The Kier molecular flexibility index (Phi) is 3.82. The quantitative estimate of drug-likeness (QED) is 0.807. The van der Waals surface area contributed by atoms with Crippen LogP contribution in [0.15, 0.2) is 60.7 Å². The Labute approximate surface area is 124 Å². The number of amides is 2. The molecule has 1 saturated heterocycles. The standard InChI is InChI=1S/C18H17NO2/c20-17-11-12-18(21)19(17)13-16(14-7-3-1-4-8-14)15-9-5-2-6-10-15/h1-10,16H,11-13H2. The summed E-state index contributed by atoms with van der Waals surface area (Å²) in [6, 6.07) is 20.1. The molecule has 1 aliphatic heterocycles. The lowest BCUT2D eigenvalue weighted by atomic mass is 9.91. The Morgan fingerprint density at radius 3 is 1.62 bits per heavy atom. The van der Waals surface area contributed by atoms with E-state index in [0.29, 0.717) is 19.4 Å². The molecule has 1 fully saturated rings. The summed E-state index contributed by atoms with van der Waals surface area (Å²) in [5, 5.41) is 0. The Morgan fingerprint density at radius 1 is 0.762 bits per heavy atom. The van der Waals surface area contributed by atoms with Crippen molar-refractivity contribution in [2.75, 3.05) is 6.54 Å². The Balaban J connectivity index is 1.93. The number of hydrogen-bond acceptors (Lipinski definition) is 2. The molecular formula is C18H17NO2. The van der Waals surface area contributed by atoms with E-state index in [-0.39, 0.29) is 17.7 Å². The lowest BCUT2D eigenvalue weighted by Crippen LogP contribution is -2.33. The summed E-state index contributed by atoms with van der Waals surface area (Å²) in [7, 11) is 0. The fourth-order valence-electron chi connectivity index (χ4n) is 2.78. The predicted octanol–water partition coefficient (Wildman–Crippen LogP) is 2.97. The monoisotopic (exact) mass is 279 g/mol. The minimum atomic E-state index is -0.0585. The van der Waals surface area contributed by atoms with Crippen molar-refractivity contribution in [1.82, 2.24) is 4.90 Å². The summed E-state index contributed by atoms with van der Waals surface area (Å²) < 4.78 is 0. The molecule has 106 valence electrons. The van der Waals surface area contributed by atoms with Crippen LogP contribution in [0.4, 0.5) is 0 Å². The summed E-state index contributed by atoms with van der Waals surface area (Å²) in [4.78, 5) is 25.2. The summed E-state index contributed by atoms with van der Waals surface area (Å²) in [6.07, 6.45) is 0.685. The van der Waals surface area contributed by atoms with Gasteiger partial charge in [-0.2, -0.15) is 0 Å². The Morgan fingerprint density at radius 2 is 1.19 bits per heavy atom. The predicted molar refractivity (Wildman–Crippen MR) is 80.7 cm³/mol. The van der Waals surface area contributed by atoms with Crippen molar-refractivity contribution in [3.63, 3.8) is 0 Å². The van der Waals surface area contributed by atoms with Crippen molar-refractivity contribution in [1.29, 1.82) is 0 Å². The topological polar surface area (TPSA) is 37.4 Å². The number of nitrogens with zero attached hydrogens (tertiary/aromatic N) is 1. The van der Waals surface area contributed by atoms with Crippen molar-refractivity contribution in [2.45, 2.75) is 18.8 Å². The molecule has 1 aliphatic rings. The highest BCUT2D eigenvalue weighted by molar-refractivity contribution is 6.02. The third kappa shape index (κ3) is 2.87. The number of benzene rings is 2. The van der Waals surface area contributed by atoms with Crippen molar-refractivity contribution < 1.29 is 9.59 Å². The van der Waals surface area contributed by atoms with Crippen molar-refractivity contribution in [2.24, 2.45) is 0 Å². The van der Waals surface area contributed by atoms with Gasteiger partial charge >= 0.3 is 0 Å². The van der Waals surface area contributed by atoms with Gasteiger partial charge < -0.3 is 0 Å². The van der Waals surface area contributed by atoms with E-state index in [9.17, 15) is 9.59 Å². The van der Waals surface area contributed by atoms with E-state index in [1.54, 1.807) is 0 Å². The van der Waals surface area contributed by atoms with Crippen LogP contribution in [-0.2, 0) is 9.59 Å². The second-order valence-corrected chi connectivity index (χ2v) is 5.27. The minimum absolute atomic E-state index is 0.0263. The molecule has 0 aromatic heterocycles. The molecule has 0 N–H and O–H groups in total. The molecule has 1 heterocycles. The van der Waals surface area contributed by atoms with E-state index in [1.807, 2.05) is 60.7 Å². The fraction of sp³-hybridized carbons (Fsp3) is 0.222. The van der Waals surface area contributed by atoms with Crippen molar-refractivity contribution in [3.8, 4) is 0 Å². The second-order valence-electron chi connectivity index (χ2n) is 5.27. The van der Waals surface area contributed by atoms with Gasteiger partial charge in [0.1, 0.15) is 0 Å². The number of imide groups is 1. The molecule has 2 aromatic rings. The van der Waals surface area contributed by atoms with Crippen LogP contribution in [0.1, 0.15) is 29.9 Å². The first-order valence-corrected chi connectivity index (χ1v) is 7.19. The smallest absolute Gasteiger partial charge is 0.229 e. The lowest BCUT2D eigenvalue weighted by Gasteiger charge is -2.23. The molecule has 2 amide bonds. The largest absolute Gasteiger partial charge is 0.282 e. The molecule has 0 saturated carbocycles. The molecule has 0 aliphatic carbocycles. The highest BCUT2D eigenvalue weighted by Gasteiger charge is 2.31. The van der Waals surface area contributed by atoms with Crippen LogP contribution >= 0.6 is 0 Å². The number of likely N-dealkylation sites (tertiary alicyclic amines) is 1. The SMILES string of the molecule is O=C1CCC(=O)N1CC(c1ccccc1)c1ccccc1. The molecule has 3 nitrogen and oxygen atoms in total. The molecule has 3 rings (SSSR count). The van der Waals surface area contributed by atoms with Crippen LogP contribution in [-0.4, -0.2) is 23.3 Å². The van der Waals surface area contributed by atoms with Crippen LogP contribution in [0.3, 0.4) is 0 Å². The molecule has 0 spiro atoms. The number of carbonyl (C=O) groups excluding carboxylic acids is 2. The van der Waals surface area contributed by atoms with Gasteiger partial charge in [0.2, 0.25) is 11.8 Å². The zero-order valence-electron chi connectivity index (χ0n) is 11.7. The third-order valence-electron chi connectivity index (χ3n) is 3.92. The first kappa shape index (κ1) is 13.6. The first-order valence-electron chi connectivity index (χ1n) is 7.19. The molecule has 0 bridgehead atoms. The van der Waals surface area contributed by atoms with E-state index in [0.717, 1.165) is 11.1 Å². The number of carbonyl (C=O) groups is 2. The fourth-order valence-corrected chi connectivity index (χ4v) is 2.78. The van der Waals surface area contributed by atoms with Crippen LogP contribution in [0, 0.1) is 0 Å². The van der Waals surface area contributed by atoms with Gasteiger partial charge in [-0.25, -0.2) is 0 Å². The van der Waals surface area contributed by atoms with E-state index in [4.69, 9.17) is 0 Å². The Bertz CT molecular complexity index is 581. The van der Waals surface area contributed by atoms with E-state index in [1.165, 1.54) is 4.90 Å². The maximum Gasteiger partial charge on any atom is 0.229 e. The van der Waals surface area contributed by atoms with Gasteiger partial charge in [0.25, 0.3) is 0 Å². The van der Waals surface area contributed by atoms with Gasteiger partial charge in [0, 0.05) is 25.3 Å². The van der Waals surface area contributed by atoms with Gasteiger partial charge in [-0.15, -0.1) is 0 Å². The second kappa shape index (κ2) is 5.92.